The molecule has 0 bridgehead atoms. The van der Waals surface area contributed by atoms with Crippen molar-refractivity contribution < 1.29 is 17.5 Å². The van der Waals surface area contributed by atoms with Gasteiger partial charge >= 0.3 is 0 Å². The monoisotopic (exact) mass is 488 g/mol. The van der Waals surface area contributed by atoms with Crippen molar-refractivity contribution in [2.24, 2.45) is 0 Å². The first-order valence-corrected chi connectivity index (χ1v) is 12.7. The molecule has 7 nitrogen and oxygen atoms in total. The molecule has 0 spiro atoms. The van der Waals surface area contributed by atoms with E-state index >= 15 is 0 Å². The average molecular weight is 489 g/mol. The van der Waals surface area contributed by atoms with Crippen molar-refractivity contribution in [3.05, 3.63) is 65.5 Å². The minimum atomic E-state index is -3.89. The maximum Gasteiger partial charge on any atom is 0.244 e. The van der Waals surface area contributed by atoms with Gasteiger partial charge in [-0.05, 0) is 63.3 Å². The highest BCUT2D eigenvalue weighted by atomic mass is 32.2. The lowest BCUT2D eigenvalue weighted by Gasteiger charge is -2.22. The summed E-state index contributed by atoms with van der Waals surface area (Å²) < 4.78 is 48.4. The molecule has 0 unspecified atom stereocenters. The number of rotatable bonds is 12. The molecule has 0 fully saturated rings. The standard InChI is InChI=1S/C25H33FN4O3S/c1-29(2)13-7-8-14-30(3)25-24(16-20-9-5-6-10-23(20)28-25)34(31,32)27-17-19-11-12-22(26)21(15-19)18-33-4/h5-6,9-12,15-16,27H,7-8,13-14,17-18H2,1-4H3. The molecular weight excluding hydrogens is 455 g/mol. The summed E-state index contributed by atoms with van der Waals surface area (Å²) in [7, 11) is 3.52. The van der Waals surface area contributed by atoms with Gasteiger partial charge in [-0.3, -0.25) is 0 Å². The van der Waals surface area contributed by atoms with E-state index < -0.39 is 10.0 Å². The number of anilines is 1. The zero-order chi connectivity index (χ0) is 24.7. The number of aromatic nitrogens is 1. The van der Waals surface area contributed by atoms with Crippen LogP contribution in [0.25, 0.3) is 10.9 Å². The van der Waals surface area contributed by atoms with Crippen LogP contribution in [0.5, 0.6) is 0 Å². The zero-order valence-corrected chi connectivity index (χ0v) is 21.0. The van der Waals surface area contributed by atoms with Crippen molar-refractivity contribution in [3.63, 3.8) is 0 Å². The number of nitrogens with one attached hydrogen (secondary N) is 1. The highest BCUT2D eigenvalue weighted by Crippen LogP contribution is 2.27. The lowest BCUT2D eigenvalue weighted by Crippen LogP contribution is -2.28. The summed E-state index contributed by atoms with van der Waals surface area (Å²) >= 11 is 0. The molecular formula is C25H33FN4O3S. The van der Waals surface area contributed by atoms with E-state index in [1.807, 2.05) is 50.3 Å². The van der Waals surface area contributed by atoms with Gasteiger partial charge in [0.15, 0.2) is 0 Å². The molecule has 1 heterocycles. The molecule has 0 amide bonds. The zero-order valence-electron chi connectivity index (χ0n) is 20.2. The Hall–Kier alpha value is -2.59. The molecule has 0 aliphatic rings. The van der Waals surface area contributed by atoms with Gasteiger partial charge in [-0.15, -0.1) is 0 Å². The minimum absolute atomic E-state index is 0.0259. The largest absolute Gasteiger partial charge is 0.380 e. The van der Waals surface area contributed by atoms with Gasteiger partial charge in [-0.2, -0.15) is 0 Å². The van der Waals surface area contributed by atoms with E-state index in [1.165, 1.54) is 13.2 Å². The number of halogens is 1. The van der Waals surface area contributed by atoms with Crippen LogP contribution in [0.15, 0.2) is 53.4 Å². The Balaban J connectivity index is 1.87. The number of methoxy groups -OCH3 is 1. The summed E-state index contributed by atoms with van der Waals surface area (Å²) in [5.41, 5.74) is 1.76. The van der Waals surface area contributed by atoms with E-state index in [0.717, 1.165) is 30.3 Å². The summed E-state index contributed by atoms with van der Waals surface area (Å²) in [6.45, 7) is 1.79. The maximum absolute atomic E-state index is 13.9. The number of hydrogen-bond acceptors (Lipinski definition) is 6. The van der Waals surface area contributed by atoms with Crippen LogP contribution in [-0.4, -0.2) is 59.6 Å². The summed E-state index contributed by atoms with van der Waals surface area (Å²) in [5, 5.41) is 0.747. The fraction of sp³-hybridized carbons (Fsp3) is 0.400. The Morgan fingerprint density at radius 1 is 1.03 bits per heavy atom. The van der Waals surface area contributed by atoms with Crippen LogP contribution >= 0.6 is 0 Å². The van der Waals surface area contributed by atoms with Crippen molar-refractivity contribution in [2.45, 2.75) is 30.9 Å². The maximum atomic E-state index is 13.9. The first-order chi connectivity index (χ1) is 16.2. The molecule has 0 aliphatic heterocycles. The Bertz CT molecular complexity index is 1220. The number of ether oxygens (including phenoxy) is 1. The SMILES string of the molecule is COCc1cc(CNS(=O)(=O)c2cc3ccccc3nc2N(C)CCCCN(C)C)ccc1F. The molecule has 1 N–H and O–H groups in total. The number of benzene rings is 2. The van der Waals surface area contributed by atoms with Gasteiger partial charge in [0, 0.05) is 38.2 Å². The second kappa shape index (κ2) is 11.7. The Kier molecular flexibility index (Phi) is 8.96. The highest BCUT2D eigenvalue weighted by Gasteiger charge is 2.23. The Labute approximate surface area is 201 Å². The lowest BCUT2D eigenvalue weighted by molar-refractivity contribution is 0.181. The number of unbranched alkanes of at least 4 members (excludes halogenated alkanes) is 1. The predicted molar refractivity (Wildman–Crippen MR) is 134 cm³/mol. The normalized spacial score (nSPS) is 11.9. The lowest BCUT2D eigenvalue weighted by atomic mass is 10.1. The van der Waals surface area contributed by atoms with Crippen LogP contribution in [0.3, 0.4) is 0 Å². The second-order valence-electron chi connectivity index (χ2n) is 8.62. The number of fused-ring (bicyclic) bond motifs is 1. The molecule has 3 aromatic rings. The topological polar surface area (TPSA) is 74.8 Å². The van der Waals surface area contributed by atoms with Crippen LogP contribution in [0.2, 0.25) is 0 Å². The number of hydrogen-bond donors (Lipinski definition) is 1. The van der Waals surface area contributed by atoms with E-state index in [2.05, 4.69) is 9.62 Å². The third-order valence-corrected chi connectivity index (χ3v) is 6.95. The van der Waals surface area contributed by atoms with Crippen molar-refractivity contribution >= 4 is 26.7 Å². The second-order valence-corrected chi connectivity index (χ2v) is 10.4. The van der Waals surface area contributed by atoms with Gasteiger partial charge in [0.25, 0.3) is 0 Å². The van der Waals surface area contributed by atoms with Crippen molar-refractivity contribution in [1.82, 2.24) is 14.6 Å². The molecule has 2 aromatic carbocycles. The summed E-state index contributed by atoms with van der Waals surface area (Å²) in [5.74, 6) is 0.0283. The number of pyridine rings is 1. The van der Waals surface area contributed by atoms with E-state index in [4.69, 9.17) is 9.72 Å². The molecule has 0 radical (unpaired) electrons. The van der Waals surface area contributed by atoms with E-state index in [9.17, 15) is 12.8 Å². The predicted octanol–water partition coefficient (Wildman–Crippen LogP) is 3.78. The molecule has 9 heteroatoms. The summed E-state index contributed by atoms with van der Waals surface area (Å²) in [6.07, 6.45) is 1.91. The molecule has 1 aromatic heterocycles. The summed E-state index contributed by atoms with van der Waals surface area (Å²) in [4.78, 5) is 8.84. The first kappa shape index (κ1) is 26.0. The molecule has 3 rings (SSSR count). The van der Waals surface area contributed by atoms with Crippen molar-refractivity contribution in [1.29, 1.82) is 0 Å². The van der Waals surface area contributed by atoms with E-state index in [0.29, 0.717) is 23.5 Å². The Morgan fingerprint density at radius 3 is 2.50 bits per heavy atom. The van der Waals surface area contributed by atoms with E-state index in [1.54, 1.807) is 18.2 Å². The third-order valence-electron chi connectivity index (χ3n) is 5.55. The van der Waals surface area contributed by atoms with Gasteiger partial charge in [-0.25, -0.2) is 22.5 Å². The van der Waals surface area contributed by atoms with Gasteiger partial charge in [0.2, 0.25) is 10.0 Å². The average Bonchev–Trinajstić information content (AvgIpc) is 2.81. The van der Waals surface area contributed by atoms with Crippen molar-refractivity contribution in [2.75, 3.05) is 46.2 Å². The minimum Gasteiger partial charge on any atom is -0.380 e. The van der Waals surface area contributed by atoms with Gasteiger partial charge in [-0.1, -0.05) is 24.3 Å². The molecule has 34 heavy (non-hydrogen) atoms. The molecule has 0 aliphatic carbocycles. The fourth-order valence-corrected chi connectivity index (χ4v) is 4.94. The first-order valence-electron chi connectivity index (χ1n) is 11.2. The van der Waals surface area contributed by atoms with Gasteiger partial charge in [0.1, 0.15) is 16.5 Å². The summed E-state index contributed by atoms with van der Waals surface area (Å²) in [6, 6.07) is 13.6. The van der Waals surface area contributed by atoms with Crippen LogP contribution in [0.4, 0.5) is 10.2 Å². The van der Waals surface area contributed by atoms with Crippen LogP contribution in [0, 0.1) is 5.82 Å². The number of nitrogens with zero attached hydrogens (tertiary/aromatic N) is 3. The highest BCUT2D eigenvalue weighted by molar-refractivity contribution is 7.89. The Morgan fingerprint density at radius 2 is 1.76 bits per heavy atom. The van der Waals surface area contributed by atoms with Gasteiger partial charge < -0.3 is 14.5 Å². The van der Waals surface area contributed by atoms with Crippen molar-refractivity contribution in [3.8, 4) is 0 Å². The molecule has 0 atom stereocenters. The number of sulfonamides is 1. The molecule has 184 valence electrons. The smallest absolute Gasteiger partial charge is 0.244 e. The fourth-order valence-electron chi connectivity index (χ4n) is 3.70. The molecule has 0 saturated heterocycles. The van der Waals surface area contributed by atoms with Crippen LogP contribution < -0.4 is 9.62 Å². The van der Waals surface area contributed by atoms with Crippen LogP contribution in [0.1, 0.15) is 24.0 Å². The van der Waals surface area contributed by atoms with E-state index in [-0.39, 0.29) is 23.9 Å². The van der Waals surface area contributed by atoms with Gasteiger partial charge in [0.05, 0.1) is 12.1 Å². The molecule has 0 saturated carbocycles. The quantitative estimate of drug-likeness (QED) is 0.391. The third kappa shape index (κ3) is 6.73. The number of para-hydroxylation sites is 1. The van der Waals surface area contributed by atoms with Crippen LogP contribution in [-0.2, 0) is 27.9 Å².